The van der Waals surface area contributed by atoms with Crippen LogP contribution in [0.4, 0.5) is 4.39 Å². The van der Waals surface area contributed by atoms with Crippen molar-refractivity contribution >= 4 is 10.0 Å². The van der Waals surface area contributed by atoms with Crippen LogP contribution in [-0.2, 0) is 10.0 Å². The first-order chi connectivity index (χ1) is 9.29. The van der Waals surface area contributed by atoms with Crippen LogP contribution in [0.25, 0.3) is 0 Å². The number of sulfonamides is 1. The Labute approximate surface area is 122 Å². The highest BCUT2D eigenvalue weighted by atomic mass is 32.2. The van der Waals surface area contributed by atoms with Crippen molar-refractivity contribution in [3.05, 3.63) is 0 Å². The van der Waals surface area contributed by atoms with Crippen LogP contribution in [0.5, 0.6) is 0 Å². The predicted molar refractivity (Wildman–Crippen MR) is 78.9 cm³/mol. The fourth-order valence-corrected chi connectivity index (χ4v) is 4.53. The van der Waals surface area contributed by atoms with Crippen LogP contribution >= 0.6 is 0 Å². The van der Waals surface area contributed by atoms with Gasteiger partial charge in [0, 0.05) is 25.6 Å². The molecule has 2 saturated heterocycles. The molecule has 2 aliphatic rings. The standard InChI is InChI=1S/C14H27FN2O2S/c1-14(15,13-6-3-7-16-10-13)9-12-5-4-8-17(11-12)20(2,18)19/h12-13,16H,3-11H2,1-2H3. The number of nitrogens with zero attached hydrogens (tertiary/aromatic N) is 1. The number of nitrogens with one attached hydrogen (secondary N) is 1. The quantitative estimate of drug-likeness (QED) is 0.861. The van der Waals surface area contributed by atoms with Crippen LogP contribution in [0.3, 0.4) is 0 Å². The summed E-state index contributed by atoms with van der Waals surface area (Å²) in [6, 6.07) is 0. The molecular formula is C14H27FN2O2S. The monoisotopic (exact) mass is 306 g/mol. The Hall–Kier alpha value is -0.200. The second-order valence-electron chi connectivity index (χ2n) is 6.65. The van der Waals surface area contributed by atoms with E-state index in [0.29, 0.717) is 19.5 Å². The van der Waals surface area contributed by atoms with Crippen molar-refractivity contribution in [2.45, 2.75) is 44.7 Å². The molecule has 6 heteroatoms. The maximum atomic E-state index is 15.0. The topological polar surface area (TPSA) is 49.4 Å². The zero-order valence-electron chi connectivity index (χ0n) is 12.6. The lowest BCUT2D eigenvalue weighted by molar-refractivity contribution is 0.0454. The summed E-state index contributed by atoms with van der Waals surface area (Å²) >= 11 is 0. The van der Waals surface area contributed by atoms with Crippen LogP contribution in [0.2, 0.25) is 0 Å². The molecule has 0 aliphatic carbocycles. The molecule has 4 nitrogen and oxygen atoms in total. The van der Waals surface area contributed by atoms with E-state index in [-0.39, 0.29) is 11.8 Å². The van der Waals surface area contributed by atoms with E-state index in [2.05, 4.69) is 5.32 Å². The summed E-state index contributed by atoms with van der Waals surface area (Å²) in [5, 5.41) is 3.26. The molecule has 0 aromatic rings. The molecular weight excluding hydrogens is 279 g/mol. The summed E-state index contributed by atoms with van der Waals surface area (Å²) in [4.78, 5) is 0. The van der Waals surface area contributed by atoms with Gasteiger partial charge in [-0.05, 0) is 51.5 Å². The van der Waals surface area contributed by atoms with Crippen molar-refractivity contribution in [2.24, 2.45) is 11.8 Å². The van der Waals surface area contributed by atoms with Gasteiger partial charge in [-0.3, -0.25) is 0 Å². The van der Waals surface area contributed by atoms with Crippen molar-refractivity contribution < 1.29 is 12.8 Å². The molecule has 20 heavy (non-hydrogen) atoms. The first-order valence-electron chi connectivity index (χ1n) is 7.64. The van der Waals surface area contributed by atoms with Crippen molar-refractivity contribution in [1.29, 1.82) is 0 Å². The molecule has 0 aromatic heterocycles. The number of hydrogen-bond donors (Lipinski definition) is 1. The average Bonchev–Trinajstić information content (AvgIpc) is 2.38. The molecule has 0 amide bonds. The molecule has 118 valence electrons. The van der Waals surface area contributed by atoms with Gasteiger partial charge in [-0.1, -0.05) is 0 Å². The summed E-state index contributed by atoms with van der Waals surface area (Å²) in [6.45, 7) is 4.50. The fourth-order valence-electron chi connectivity index (χ4n) is 3.59. The van der Waals surface area contributed by atoms with Crippen molar-refractivity contribution in [1.82, 2.24) is 9.62 Å². The van der Waals surface area contributed by atoms with Gasteiger partial charge in [0.25, 0.3) is 0 Å². The zero-order chi connectivity index (χ0) is 14.8. The molecule has 0 radical (unpaired) electrons. The highest BCUT2D eigenvalue weighted by molar-refractivity contribution is 7.88. The molecule has 0 spiro atoms. The molecule has 2 fully saturated rings. The van der Waals surface area contributed by atoms with Gasteiger partial charge in [-0.25, -0.2) is 17.1 Å². The molecule has 2 heterocycles. The van der Waals surface area contributed by atoms with Gasteiger partial charge >= 0.3 is 0 Å². The number of rotatable bonds is 4. The SMILES string of the molecule is CC(F)(CC1CCCN(S(C)(=O)=O)C1)C1CCCNC1. The van der Waals surface area contributed by atoms with Crippen LogP contribution in [0.1, 0.15) is 39.0 Å². The van der Waals surface area contributed by atoms with Crippen LogP contribution in [-0.4, -0.2) is 50.8 Å². The van der Waals surface area contributed by atoms with Crippen molar-refractivity contribution in [3.63, 3.8) is 0 Å². The third-order valence-corrected chi connectivity index (χ3v) is 6.06. The Kier molecular flexibility index (Phi) is 5.08. The Morgan fingerprint density at radius 2 is 2.10 bits per heavy atom. The van der Waals surface area contributed by atoms with E-state index in [9.17, 15) is 12.8 Å². The molecule has 0 aromatic carbocycles. The van der Waals surface area contributed by atoms with Gasteiger partial charge in [-0.15, -0.1) is 0 Å². The highest BCUT2D eigenvalue weighted by Gasteiger charge is 2.38. The Bertz CT molecular complexity index is 419. The van der Waals surface area contributed by atoms with E-state index in [1.54, 1.807) is 6.92 Å². The molecule has 0 bridgehead atoms. The predicted octanol–water partition coefficient (Wildman–Crippen LogP) is 1.78. The van der Waals surface area contributed by atoms with Crippen LogP contribution in [0.15, 0.2) is 0 Å². The number of halogens is 1. The molecule has 3 unspecified atom stereocenters. The molecule has 3 atom stereocenters. The molecule has 2 rings (SSSR count). The van der Waals surface area contributed by atoms with E-state index in [0.717, 1.165) is 38.8 Å². The molecule has 1 N–H and O–H groups in total. The van der Waals surface area contributed by atoms with Crippen molar-refractivity contribution in [3.8, 4) is 0 Å². The molecule has 2 aliphatic heterocycles. The molecule has 0 saturated carbocycles. The summed E-state index contributed by atoms with van der Waals surface area (Å²) in [5.74, 6) is 0.209. The van der Waals surface area contributed by atoms with Gasteiger partial charge < -0.3 is 5.32 Å². The summed E-state index contributed by atoms with van der Waals surface area (Å²) < 4.78 is 39.7. The first-order valence-corrected chi connectivity index (χ1v) is 9.48. The van der Waals surface area contributed by atoms with Crippen LogP contribution in [0, 0.1) is 11.8 Å². The van der Waals surface area contributed by atoms with Gasteiger partial charge in [0.2, 0.25) is 10.0 Å². The highest BCUT2D eigenvalue weighted by Crippen LogP contribution is 2.36. The largest absolute Gasteiger partial charge is 0.316 e. The number of piperidine rings is 2. The Morgan fingerprint density at radius 1 is 1.35 bits per heavy atom. The van der Waals surface area contributed by atoms with E-state index < -0.39 is 15.7 Å². The minimum atomic E-state index is -3.14. The van der Waals surface area contributed by atoms with E-state index in [1.807, 2.05) is 0 Å². The Morgan fingerprint density at radius 3 is 2.70 bits per heavy atom. The smallest absolute Gasteiger partial charge is 0.211 e. The fraction of sp³-hybridized carbons (Fsp3) is 1.00. The van der Waals surface area contributed by atoms with Gasteiger partial charge in [0.1, 0.15) is 5.67 Å². The lowest BCUT2D eigenvalue weighted by Crippen LogP contribution is -2.45. The minimum Gasteiger partial charge on any atom is -0.316 e. The van der Waals surface area contributed by atoms with Crippen LogP contribution < -0.4 is 5.32 Å². The zero-order valence-corrected chi connectivity index (χ0v) is 13.4. The van der Waals surface area contributed by atoms with E-state index in [1.165, 1.54) is 10.6 Å². The summed E-state index contributed by atoms with van der Waals surface area (Å²) in [6.07, 6.45) is 5.47. The maximum Gasteiger partial charge on any atom is 0.211 e. The third-order valence-electron chi connectivity index (χ3n) is 4.79. The maximum absolute atomic E-state index is 15.0. The Balaban J connectivity index is 1.94. The second-order valence-corrected chi connectivity index (χ2v) is 8.64. The van der Waals surface area contributed by atoms with Crippen molar-refractivity contribution in [2.75, 3.05) is 32.4 Å². The number of alkyl halides is 1. The van der Waals surface area contributed by atoms with E-state index >= 15 is 0 Å². The minimum absolute atomic E-state index is 0.0601. The third kappa shape index (κ3) is 4.15. The van der Waals surface area contributed by atoms with E-state index in [4.69, 9.17) is 0 Å². The number of hydrogen-bond acceptors (Lipinski definition) is 3. The summed E-state index contributed by atoms with van der Waals surface area (Å²) in [7, 11) is -3.14. The lowest BCUT2D eigenvalue weighted by atomic mass is 9.77. The normalized spacial score (nSPS) is 32.8. The van der Waals surface area contributed by atoms with Gasteiger partial charge in [-0.2, -0.15) is 0 Å². The van der Waals surface area contributed by atoms with Gasteiger partial charge in [0.15, 0.2) is 0 Å². The first kappa shape index (κ1) is 16.2. The average molecular weight is 306 g/mol. The summed E-state index contributed by atoms with van der Waals surface area (Å²) in [5.41, 5.74) is -1.20. The van der Waals surface area contributed by atoms with Gasteiger partial charge in [0.05, 0.1) is 6.26 Å². The second kappa shape index (κ2) is 6.28. The lowest BCUT2D eigenvalue weighted by Gasteiger charge is -2.39.